The fourth-order valence-corrected chi connectivity index (χ4v) is 3.00. The summed E-state index contributed by atoms with van der Waals surface area (Å²) in [6.45, 7) is 4.86. The summed E-state index contributed by atoms with van der Waals surface area (Å²) in [6, 6.07) is 5.16. The van der Waals surface area contributed by atoms with E-state index in [4.69, 9.17) is 26.4 Å². The van der Waals surface area contributed by atoms with Crippen LogP contribution in [0.15, 0.2) is 29.5 Å². The minimum atomic E-state index is -0.445. The zero-order valence-electron chi connectivity index (χ0n) is 13.0. The molecule has 2 heterocycles. The highest BCUT2D eigenvalue weighted by molar-refractivity contribution is 7.80. The first kappa shape index (κ1) is 15.6. The Bertz CT molecular complexity index is 687. The van der Waals surface area contributed by atoms with Crippen LogP contribution in [0.2, 0.25) is 0 Å². The molecule has 1 atom stereocenters. The van der Waals surface area contributed by atoms with Gasteiger partial charge in [-0.25, -0.2) is 4.79 Å². The van der Waals surface area contributed by atoms with Crippen LogP contribution in [-0.2, 0) is 9.53 Å². The van der Waals surface area contributed by atoms with Gasteiger partial charge in [0.2, 0.25) is 0 Å². The first-order chi connectivity index (χ1) is 11.1. The molecule has 0 unspecified atom stereocenters. The maximum atomic E-state index is 12.4. The van der Waals surface area contributed by atoms with E-state index in [1.54, 1.807) is 13.8 Å². The first-order valence-electron chi connectivity index (χ1n) is 7.45. The quantitative estimate of drug-likeness (QED) is 0.645. The molecule has 1 aromatic carbocycles. The van der Waals surface area contributed by atoms with E-state index in [2.05, 4.69) is 10.6 Å². The molecule has 6 nitrogen and oxygen atoms in total. The summed E-state index contributed by atoms with van der Waals surface area (Å²) in [5.41, 5.74) is 1.96. The van der Waals surface area contributed by atoms with Crippen LogP contribution in [0.5, 0.6) is 11.5 Å². The zero-order valence-corrected chi connectivity index (χ0v) is 13.8. The normalized spacial score (nSPS) is 19.7. The monoisotopic (exact) mass is 334 g/mol. The van der Waals surface area contributed by atoms with E-state index in [1.807, 2.05) is 18.2 Å². The molecular weight excluding hydrogens is 316 g/mol. The van der Waals surface area contributed by atoms with Gasteiger partial charge in [-0.2, -0.15) is 0 Å². The fourth-order valence-electron chi connectivity index (χ4n) is 2.73. The Morgan fingerprint density at radius 1 is 1.39 bits per heavy atom. The van der Waals surface area contributed by atoms with Crippen molar-refractivity contribution < 1.29 is 19.0 Å². The van der Waals surface area contributed by atoms with E-state index >= 15 is 0 Å². The number of hydrogen-bond acceptors (Lipinski definition) is 5. The highest BCUT2D eigenvalue weighted by Gasteiger charge is 2.34. The van der Waals surface area contributed by atoms with Crippen molar-refractivity contribution in [2.75, 3.05) is 19.8 Å². The van der Waals surface area contributed by atoms with Crippen LogP contribution in [0.4, 0.5) is 0 Å². The van der Waals surface area contributed by atoms with E-state index in [0.29, 0.717) is 47.7 Å². The second-order valence-corrected chi connectivity index (χ2v) is 5.57. The number of thiocarbonyl (C=S) groups is 1. The number of rotatable bonds is 3. The summed E-state index contributed by atoms with van der Waals surface area (Å²) in [4.78, 5) is 12.4. The highest BCUT2D eigenvalue weighted by Crippen LogP contribution is 2.40. The fraction of sp³-hybridized carbons (Fsp3) is 0.375. The number of para-hydroxylation sites is 1. The zero-order chi connectivity index (χ0) is 16.4. The average molecular weight is 334 g/mol. The van der Waals surface area contributed by atoms with Gasteiger partial charge in [-0.1, -0.05) is 12.1 Å². The molecule has 0 aliphatic carbocycles. The predicted octanol–water partition coefficient (Wildman–Crippen LogP) is 1.81. The SMILES string of the molecule is CCOC(=O)C1=C(C)NC(=S)N[C@@H]1c1cccc2c1OCCO2. The third-order valence-corrected chi connectivity index (χ3v) is 3.89. The number of ether oxygens (including phenoxy) is 3. The Labute approximate surface area is 139 Å². The standard InChI is InChI=1S/C16H18N2O4S/c1-3-20-15(19)12-9(2)17-16(23)18-13(12)10-5-4-6-11-14(10)22-8-7-21-11/h4-6,13H,3,7-8H2,1-2H3,(H2,17,18,23)/t13-/m1/s1. The Morgan fingerprint density at radius 2 is 2.17 bits per heavy atom. The van der Waals surface area contributed by atoms with Gasteiger partial charge in [-0.15, -0.1) is 0 Å². The molecule has 7 heteroatoms. The van der Waals surface area contributed by atoms with Crippen molar-refractivity contribution in [3.05, 3.63) is 35.0 Å². The summed E-state index contributed by atoms with van der Waals surface area (Å²) >= 11 is 5.24. The predicted molar refractivity (Wildman–Crippen MR) is 88.4 cm³/mol. The molecule has 0 bridgehead atoms. The molecule has 0 saturated heterocycles. The van der Waals surface area contributed by atoms with Crippen LogP contribution in [0.1, 0.15) is 25.5 Å². The molecule has 3 rings (SSSR count). The second-order valence-electron chi connectivity index (χ2n) is 5.16. The summed E-state index contributed by atoms with van der Waals surface area (Å²) in [6.07, 6.45) is 0. The van der Waals surface area contributed by atoms with Gasteiger partial charge in [0, 0.05) is 11.3 Å². The highest BCUT2D eigenvalue weighted by atomic mass is 32.1. The largest absolute Gasteiger partial charge is 0.486 e. The van der Waals surface area contributed by atoms with Crippen LogP contribution in [-0.4, -0.2) is 30.9 Å². The lowest BCUT2D eigenvalue weighted by atomic mass is 9.94. The van der Waals surface area contributed by atoms with Crippen molar-refractivity contribution in [2.45, 2.75) is 19.9 Å². The molecular formula is C16H18N2O4S. The third-order valence-electron chi connectivity index (χ3n) is 3.67. The molecule has 2 aliphatic heterocycles. The number of carbonyl (C=O) groups excluding carboxylic acids is 1. The van der Waals surface area contributed by atoms with Crippen LogP contribution < -0.4 is 20.1 Å². The van der Waals surface area contributed by atoms with Gasteiger partial charge >= 0.3 is 5.97 Å². The second kappa shape index (κ2) is 6.45. The minimum Gasteiger partial charge on any atom is -0.486 e. The smallest absolute Gasteiger partial charge is 0.338 e. The molecule has 23 heavy (non-hydrogen) atoms. The molecule has 2 N–H and O–H groups in total. The number of benzene rings is 1. The summed E-state index contributed by atoms with van der Waals surface area (Å²) in [7, 11) is 0. The van der Waals surface area contributed by atoms with Gasteiger partial charge in [0.05, 0.1) is 18.2 Å². The van der Waals surface area contributed by atoms with Gasteiger partial charge < -0.3 is 24.8 Å². The van der Waals surface area contributed by atoms with Crippen molar-refractivity contribution in [1.82, 2.24) is 10.6 Å². The molecule has 0 radical (unpaired) electrons. The molecule has 0 spiro atoms. The Morgan fingerprint density at radius 3 is 2.96 bits per heavy atom. The molecule has 122 valence electrons. The van der Waals surface area contributed by atoms with Gasteiger partial charge in [0.15, 0.2) is 16.6 Å². The molecule has 0 saturated carbocycles. The lowest BCUT2D eigenvalue weighted by Gasteiger charge is -2.32. The van der Waals surface area contributed by atoms with Gasteiger partial charge in [0.1, 0.15) is 13.2 Å². The number of fused-ring (bicyclic) bond motifs is 1. The summed E-state index contributed by atoms with van der Waals surface area (Å²) in [5, 5.41) is 6.56. The van der Waals surface area contributed by atoms with Crippen LogP contribution in [0.25, 0.3) is 0 Å². The van der Waals surface area contributed by atoms with Crippen molar-refractivity contribution >= 4 is 23.3 Å². The number of nitrogens with one attached hydrogen (secondary N) is 2. The average Bonchev–Trinajstić information content (AvgIpc) is 2.53. The number of hydrogen-bond donors (Lipinski definition) is 2. The summed E-state index contributed by atoms with van der Waals surface area (Å²) in [5.74, 6) is 0.920. The number of esters is 1. The van der Waals surface area contributed by atoms with E-state index in [0.717, 1.165) is 5.56 Å². The Hall–Kier alpha value is -2.28. The number of carbonyl (C=O) groups is 1. The van der Waals surface area contributed by atoms with E-state index < -0.39 is 6.04 Å². The first-order valence-corrected chi connectivity index (χ1v) is 7.86. The van der Waals surface area contributed by atoms with E-state index in [9.17, 15) is 4.79 Å². The number of allylic oxidation sites excluding steroid dienone is 1. The van der Waals surface area contributed by atoms with Crippen LogP contribution >= 0.6 is 12.2 Å². The van der Waals surface area contributed by atoms with Crippen LogP contribution in [0.3, 0.4) is 0 Å². The molecule has 0 fully saturated rings. The molecule has 0 amide bonds. The van der Waals surface area contributed by atoms with E-state index in [1.165, 1.54) is 0 Å². The lowest BCUT2D eigenvalue weighted by molar-refractivity contribution is -0.139. The summed E-state index contributed by atoms with van der Waals surface area (Å²) < 4.78 is 16.6. The maximum Gasteiger partial charge on any atom is 0.338 e. The molecule has 0 aromatic heterocycles. The van der Waals surface area contributed by atoms with Gasteiger partial charge in [-0.3, -0.25) is 0 Å². The Balaban J connectivity index is 2.07. The van der Waals surface area contributed by atoms with Gasteiger partial charge in [-0.05, 0) is 32.1 Å². The van der Waals surface area contributed by atoms with Crippen molar-refractivity contribution in [2.24, 2.45) is 0 Å². The topological polar surface area (TPSA) is 68.8 Å². The lowest BCUT2D eigenvalue weighted by Crippen LogP contribution is -2.45. The minimum absolute atomic E-state index is 0.305. The van der Waals surface area contributed by atoms with E-state index in [-0.39, 0.29) is 5.97 Å². The van der Waals surface area contributed by atoms with Crippen LogP contribution in [0, 0.1) is 0 Å². The Kier molecular flexibility index (Phi) is 4.38. The molecule has 2 aliphatic rings. The van der Waals surface area contributed by atoms with Crippen molar-refractivity contribution in [3.63, 3.8) is 0 Å². The molecule has 1 aromatic rings. The third kappa shape index (κ3) is 2.96. The maximum absolute atomic E-state index is 12.4. The van der Waals surface area contributed by atoms with Crippen molar-refractivity contribution in [1.29, 1.82) is 0 Å². The van der Waals surface area contributed by atoms with Gasteiger partial charge in [0.25, 0.3) is 0 Å². The van der Waals surface area contributed by atoms with Crippen molar-refractivity contribution in [3.8, 4) is 11.5 Å².